The second-order valence-corrected chi connectivity index (χ2v) is 7.83. The molecule has 1 atom stereocenters. The van der Waals surface area contributed by atoms with Crippen molar-refractivity contribution in [3.8, 4) is 0 Å². The first kappa shape index (κ1) is 18.7. The van der Waals surface area contributed by atoms with E-state index in [4.69, 9.17) is 4.74 Å². The van der Waals surface area contributed by atoms with E-state index in [0.717, 1.165) is 49.1 Å². The zero-order valence-electron chi connectivity index (χ0n) is 16.2. The highest BCUT2D eigenvalue weighted by molar-refractivity contribution is 6.04. The molecule has 1 saturated heterocycles. The van der Waals surface area contributed by atoms with Crippen LogP contribution in [0.15, 0.2) is 48.5 Å². The Morgan fingerprint density at radius 2 is 1.93 bits per heavy atom. The molecule has 5 heteroatoms. The molecular formula is C23H26N2O3. The number of carbonyl (C=O) groups excluding carboxylic acids is 2. The molecule has 0 unspecified atom stereocenters. The molecule has 5 nitrogen and oxygen atoms in total. The molecule has 2 aromatic carbocycles. The zero-order valence-corrected chi connectivity index (χ0v) is 16.2. The van der Waals surface area contributed by atoms with Gasteiger partial charge in [-0.25, -0.2) is 0 Å². The van der Waals surface area contributed by atoms with Gasteiger partial charge in [-0.1, -0.05) is 29.8 Å². The molecule has 2 fully saturated rings. The van der Waals surface area contributed by atoms with E-state index in [1.165, 1.54) is 0 Å². The van der Waals surface area contributed by atoms with Crippen LogP contribution in [-0.4, -0.2) is 31.1 Å². The molecule has 1 aliphatic carbocycles. The Hall–Kier alpha value is -2.66. The lowest BCUT2D eigenvalue weighted by Crippen LogP contribution is -2.39. The van der Waals surface area contributed by atoms with Crippen molar-refractivity contribution >= 4 is 17.5 Å². The van der Waals surface area contributed by atoms with Crippen molar-refractivity contribution in [3.05, 3.63) is 65.2 Å². The number of carbonyl (C=O) groups is 2. The van der Waals surface area contributed by atoms with Gasteiger partial charge in [-0.3, -0.25) is 9.59 Å². The predicted molar refractivity (Wildman–Crippen MR) is 108 cm³/mol. The lowest BCUT2D eigenvalue weighted by atomic mass is 9.94. The van der Waals surface area contributed by atoms with Crippen LogP contribution in [0.2, 0.25) is 0 Å². The number of benzene rings is 2. The Balaban J connectivity index is 1.38. The van der Waals surface area contributed by atoms with Gasteiger partial charge in [-0.2, -0.15) is 0 Å². The zero-order chi connectivity index (χ0) is 19.6. The molecule has 1 heterocycles. The van der Waals surface area contributed by atoms with Crippen LogP contribution < -0.4 is 10.6 Å². The van der Waals surface area contributed by atoms with Crippen LogP contribution in [-0.2, 0) is 14.9 Å². The molecule has 2 amide bonds. The average molecular weight is 378 g/mol. The van der Waals surface area contributed by atoms with E-state index in [1.807, 2.05) is 49.4 Å². The molecule has 2 N–H and O–H groups in total. The highest BCUT2D eigenvalue weighted by Gasteiger charge is 2.51. The highest BCUT2D eigenvalue weighted by Crippen LogP contribution is 2.48. The van der Waals surface area contributed by atoms with Gasteiger partial charge in [0, 0.05) is 24.4 Å². The van der Waals surface area contributed by atoms with Gasteiger partial charge in [0.25, 0.3) is 5.91 Å². The number of hydrogen-bond acceptors (Lipinski definition) is 3. The number of amides is 2. The molecule has 2 aliphatic rings. The van der Waals surface area contributed by atoms with Gasteiger partial charge < -0.3 is 15.4 Å². The highest BCUT2D eigenvalue weighted by atomic mass is 16.5. The maximum Gasteiger partial charge on any atom is 0.255 e. The smallest absolute Gasteiger partial charge is 0.255 e. The van der Waals surface area contributed by atoms with Crippen molar-refractivity contribution < 1.29 is 14.3 Å². The van der Waals surface area contributed by atoms with Crippen LogP contribution in [0, 0.1) is 6.92 Å². The number of rotatable bonds is 6. The first-order valence-corrected chi connectivity index (χ1v) is 9.95. The molecular weight excluding hydrogens is 352 g/mol. The molecule has 0 aromatic heterocycles. The van der Waals surface area contributed by atoms with Crippen molar-refractivity contribution in [2.45, 2.75) is 44.1 Å². The van der Waals surface area contributed by atoms with Gasteiger partial charge >= 0.3 is 0 Å². The van der Waals surface area contributed by atoms with Crippen molar-refractivity contribution in [2.75, 3.05) is 18.5 Å². The summed E-state index contributed by atoms with van der Waals surface area (Å²) in [7, 11) is 0. The summed E-state index contributed by atoms with van der Waals surface area (Å²) < 4.78 is 5.58. The van der Waals surface area contributed by atoms with Crippen LogP contribution in [0.25, 0.3) is 0 Å². The number of aryl methyl sites for hydroxylation is 1. The van der Waals surface area contributed by atoms with E-state index in [2.05, 4.69) is 10.6 Å². The van der Waals surface area contributed by atoms with E-state index < -0.39 is 5.41 Å². The Kier molecular flexibility index (Phi) is 5.18. The number of nitrogens with one attached hydrogen (secondary N) is 2. The normalized spacial score (nSPS) is 19.8. The fourth-order valence-corrected chi connectivity index (χ4v) is 3.82. The molecule has 0 radical (unpaired) electrons. The number of ether oxygens (including phenoxy) is 1. The van der Waals surface area contributed by atoms with Gasteiger partial charge in [0.05, 0.1) is 11.5 Å². The molecule has 146 valence electrons. The summed E-state index contributed by atoms with van der Waals surface area (Å²) in [6.07, 6.45) is 3.96. The average Bonchev–Trinajstić information content (AvgIpc) is 3.35. The molecule has 0 bridgehead atoms. The third-order valence-corrected chi connectivity index (χ3v) is 5.67. The van der Waals surface area contributed by atoms with Crippen LogP contribution >= 0.6 is 0 Å². The maximum absolute atomic E-state index is 12.7. The minimum absolute atomic E-state index is 0.0829. The van der Waals surface area contributed by atoms with Gasteiger partial charge in [0.15, 0.2) is 0 Å². The fourth-order valence-electron chi connectivity index (χ4n) is 3.82. The van der Waals surface area contributed by atoms with Gasteiger partial charge in [-0.15, -0.1) is 0 Å². The third-order valence-electron chi connectivity index (χ3n) is 5.67. The van der Waals surface area contributed by atoms with E-state index >= 15 is 0 Å². The quantitative estimate of drug-likeness (QED) is 0.807. The summed E-state index contributed by atoms with van der Waals surface area (Å²) in [5, 5.41) is 5.99. The largest absolute Gasteiger partial charge is 0.376 e. The predicted octanol–water partition coefficient (Wildman–Crippen LogP) is 3.57. The van der Waals surface area contributed by atoms with Crippen molar-refractivity contribution in [1.82, 2.24) is 5.32 Å². The molecule has 28 heavy (non-hydrogen) atoms. The minimum Gasteiger partial charge on any atom is -0.376 e. The number of hydrogen-bond donors (Lipinski definition) is 2. The maximum atomic E-state index is 12.7. The lowest BCUT2D eigenvalue weighted by Gasteiger charge is -2.18. The Bertz CT molecular complexity index is 866. The Morgan fingerprint density at radius 1 is 1.14 bits per heavy atom. The van der Waals surface area contributed by atoms with Crippen LogP contribution in [0.1, 0.15) is 47.2 Å². The van der Waals surface area contributed by atoms with Crippen LogP contribution in [0.5, 0.6) is 0 Å². The summed E-state index contributed by atoms with van der Waals surface area (Å²) >= 11 is 0. The Morgan fingerprint density at radius 3 is 2.57 bits per heavy atom. The molecule has 2 aromatic rings. The first-order valence-electron chi connectivity index (χ1n) is 9.95. The summed E-state index contributed by atoms with van der Waals surface area (Å²) in [5.74, 6) is -0.0496. The standard InChI is InChI=1S/C23H26N2O3/c1-16-4-2-5-17(14-16)21(26)25-19-9-7-18(8-10-19)23(11-12-23)22(27)24-15-20-6-3-13-28-20/h2,4-5,7-10,14,20H,3,6,11-13,15H2,1H3,(H,24,27)(H,25,26)/t20-/m0/s1. The van der Waals surface area contributed by atoms with E-state index in [-0.39, 0.29) is 17.9 Å². The van der Waals surface area contributed by atoms with Gasteiger partial charge in [0.2, 0.25) is 5.91 Å². The van der Waals surface area contributed by atoms with Gasteiger partial charge in [0.1, 0.15) is 0 Å². The SMILES string of the molecule is Cc1cccc(C(=O)Nc2ccc(C3(C(=O)NC[C@@H]4CCCO4)CC3)cc2)c1. The minimum atomic E-state index is -0.419. The monoisotopic (exact) mass is 378 g/mol. The van der Waals surface area contributed by atoms with Crippen LogP contribution in [0.4, 0.5) is 5.69 Å². The summed E-state index contributed by atoms with van der Waals surface area (Å²) in [6.45, 7) is 3.34. The molecule has 0 spiro atoms. The lowest BCUT2D eigenvalue weighted by molar-refractivity contribution is -0.124. The topological polar surface area (TPSA) is 67.4 Å². The number of anilines is 1. The van der Waals surface area contributed by atoms with Gasteiger partial charge in [-0.05, 0) is 62.4 Å². The Labute approximate surface area is 165 Å². The second kappa shape index (κ2) is 7.76. The first-order chi connectivity index (χ1) is 13.6. The fraction of sp³-hybridized carbons (Fsp3) is 0.391. The van der Waals surface area contributed by atoms with Crippen molar-refractivity contribution in [2.24, 2.45) is 0 Å². The summed E-state index contributed by atoms with van der Waals surface area (Å²) in [4.78, 5) is 25.1. The van der Waals surface area contributed by atoms with E-state index in [9.17, 15) is 9.59 Å². The molecule has 1 saturated carbocycles. The van der Waals surface area contributed by atoms with E-state index in [0.29, 0.717) is 12.1 Å². The summed E-state index contributed by atoms with van der Waals surface area (Å²) in [6, 6.07) is 15.1. The molecule has 4 rings (SSSR count). The van der Waals surface area contributed by atoms with Crippen molar-refractivity contribution in [3.63, 3.8) is 0 Å². The van der Waals surface area contributed by atoms with Crippen molar-refractivity contribution in [1.29, 1.82) is 0 Å². The third kappa shape index (κ3) is 3.94. The molecule has 1 aliphatic heterocycles. The summed E-state index contributed by atoms with van der Waals surface area (Å²) in [5.41, 5.74) is 3.00. The van der Waals surface area contributed by atoms with Crippen LogP contribution in [0.3, 0.4) is 0 Å². The van der Waals surface area contributed by atoms with E-state index in [1.54, 1.807) is 6.07 Å². The second-order valence-electron chi connectivity index (χ2n) is 7.83.